The van der Waals surface area contributed by atoms with Gasteiger partial charge in [-0.3, -0.25) is 14.7 Å². The molecule has 5 heteroatoms. The number of hydrogen-bond donors (Lipinski definition) is 0. The zero-order valence-corrected chi connectivity index (χ0v) is 13.6. The van der Waals surface area contributed by atoms with Crippen molar-refractivity contribution in [1.82, 2.24) is 14.8 Å². The first-order valence-electron chi connectivity index (χ1n) is 8.13. The van der Waals surface area contributed by atoms with Crippen LogP contribution in [-0.2, 0) is 4.74 Å². The molecular weight excluding hydrogens is 290 g/mol. The highest BCUT2D eigenvalue weighted by atomic mass is 16.5. The van der Waals surface area contributed by atoms with Crippen LogP contribution in [0.4, 0.5) is 0 Å². The van der Waals surface area contributed by atoms with Gasteiger partial charge in [0.25, 0.3) is 5.91 Å². The SMILES string of the molecule is CN(CCCN1CCOCC1)C(=O)c1ccc2cnccc2c1. The summed E-state index contributed by atoms with van der Waals surface area (Å²) in [5.41, 5.74) is 0.734. The summed E-state index contributed by atoms with van der Waals surface area (Å²) in [5.74, 6) is 0.0747. The Morgan fingerprint density at radius 2 is 2.09 bits per heavy atom. The first kappa shape index (κ1) is 15.9. The molecule has 0 atom stereocenters. The van der Waals surface area contributed by atoms with E-state index in [0.717, 1.165) is 62.1 Å². The number of amides is 1. The van der Waals surface area contributed by atoms with Gasteiger partial charge < -0.3 is 9.64 Å². The molecule has 1 aliphatic rings. The predicted molar refractivity (Wildman–Crippen MR) is 90.6 cm³/mol. The lowest BCUT2D eigenvalue weighted by Crippen LogP contribution is -2.38. The Balaban J connectivity index is 1.55. The van der Waals surface area contributed by atoms with Crippen LogP contribution >= 0.6 is 0 Å². The van der Waals surface area contributed by atoms with E-state index in [1.165, 1.54) is 0 Å². The number of carbonyl (C=O) groups excluding carboxylic acids is 1. The fourth-order valence-electron chi connectivity index (χ4n) is 2.89. The molecule has 0 N–H and O–H groups in total. The maximum atomic E-state index is 12.5. The smallest absolute Gasteiger partial charge is 0.253 e. The maximum absolute atomic E-state index is 12.5. The monoisotopic (exact) mass is 313 g/mol. The molecule has 0 aliphatic carbocycles. The largest absolute Gasteiger partial charge is 0.379 e. The second-order valence-corrected chi connectivity index (χ2v) is 5.97. The molecule has 1 amide bonds. The third kappa shape index (κ3) is 4.06. The molecule has 0 bridgehead atoms. The summed E-state index contributed by atoms with van der Waals surface area (Å²) in [7, 11) is 1.87. The molecule has 0 radical (unpaired) electrons. The van der Waals surface area contributed by atoms with E-state index in [2.05, 4.69) is 9.88 Å². The van der Waals surface area contributed by atoms with Gasteiger partial charge in [-0.25, -0.2) is 0 Å². The molecule has 1 aliphatic heterocycles. The molecule has 2 aromatic rings. The van der Waals surface area contributed by atoms with E-state index in [1.807, 2.05) is 42.4 Å². The van der Waals surface area contributed by atoms with Gasteiger partial charge in [-0.2, -0.15) is 0 Å². The van der Waals surface area contributed by atoms with E-state index in [4.69, 9.17) is 4.74 Å². The second-order valence-electron chi connectivity index (χ2n) is 5.97. The first-order chi connectivity index (χ1) is 11.2. The molecule has 0 saturated carbocycles. The first-order valence-corrected chi connectivity index (χ1v) is 8.13. The number of fused-ring (bicyclic) bond motifs is 1. The van der Waals surface area contributed by atoms with Crippen LogP contribution in [0.1, 0.15) is 16.8 Å². The van der Waals surface area contributed by atoms with E-state index < -0.39 is 0 Å². The lowest BCUT2D eigenvalue weighted by atomic mass is 10.1. The van der Waals surface area contributed by atoms with Crippen molar-refractivity contribution in [1.29, 1.82) is 0 Å². The molecule has 1 fully saturated rings. The minimum Gasteiger partial charge on any atom is -0.379 e. The lowest BCUT2D eigenvalue weighted by Gasteiger charge is -2.27. The fourth-order valence-corrected chi connectivity index (χ4v) is 2.89. The summed E-state index contributed by atoms with van der Waals surface area (Å²) >= 11 is 0. The van der Waals surface area contributed by atoms with Crippen LogP contribution in [0.5, 0.6) is 0 Å². The Hall–Kier alpha value is -1.98. The molecule has 1 aromatic heterocycles. The van der Waals surface area contributed by atoms with Gasteiger partial charge in [0.2, 0.25) is 0 Å². The minimum absolute atomic E-state index is 0.0747. The Labute approximate surface area is 136 Å². The maximum Gasteiger partial charge on any atom is 0.253 e. The molecule has 1 saturated heterocycles. The van der Waals surface area contributed by atoms with Crippen molar-refractivity contribution in [3.8, 4) is 0 Å². The van der Waals surface area contributed by atoms with Crippen LogP contribution in [0, 0.1) is 0 Å². The van der Waals surface area contributed by atoms with Crippen molar-refractivity contribution in [2.45, 2.75) is 6.42 Å². The minimum atomic E-state index is 0.0747. The molecule has 0 spiro atoms. The molecular formula is C18H23N3O2. The van der Waals surface area contributed by atoms with Crippen LogP contribution < -0.4 is 0 Å². The summed E-state index contributed by atoms with van der Waals surface area (Å²) < 4.78 is 5.35. The average Bonchev–Trinajstić information content (AvgIpc) is 2.61. The highest BCUT2D eigenvalue weighted by Crippen LogP contribution is 2.15. The molecule has 23 heavy (non-hydrogen) atoms. The van der Waals surface area contributed by atoms with Gasteiger partial charge in [-0.1, -0.05) is 6.07 Å². The van der Waals surface area contributed by atoms with Gasteiger partial charge in [-0.15, -0.1) is 0 Å². The highest BCUT2D eigenvalue weighted by Gasteiger charge is 2.14. The number of morpholine rings is 1. The topological polar surface area (TPSA) is 45.7 Å². The summed E-state index contributed by atoms with van der Waals surface area (Å²) in [6.07, 6.45) is 4.55. The summed E-state index contributed by atoms with van der Waals surface area (Å²) in [6.45, 7) is 5.42. The molecule has 1 aromatic carbocycles. The Morgan fingerprint density at radius 1 is 1.26 bits per heavy atom. The Morgan fingerprint density at radius 3 is 2.91 bits per heavy atom. The molecule has 2 heterocycles. The summed E-state index contributed by atoms with van der Waals surface area (Å²) in [6, 6.07) is 7.71. The Bertz CT molecular complexity index is 668. The van der Waals surface area contributed by atoms with Crippen molar-refractivity contribution in [3.63, 3.8) is 0 Å². The number of rotatable bonds is 5. The summed E-state index contributed by atoms with van der Waals surface area (Å²) in [5, 5.41) is 2.10. The highest BCUT2D eigenvalue weighted by molar-refractivity contribution is 5.98. The lowest BCUT2D eigenvalue weighted by molar-refractivity contribution is 0.0361. The molecule has 3 rings (SSSR count). The van der Waals surface area contributed by atoms with Crippen LogP contribution in [0.15, 0.2) is 36.7 Å². The van der Waals surface area contributed by atoms with Crippen molar-refractivity contribution < 1.29 is 9.53 Å². The molecule has 5 nitrogen and oxygen atoms in total. The third-order valence-corrected chi connectivity index (χ3v) is 4.31. The van der Waals surface area contributed by atoms with Gasteiger partial charge in [0.15, 0.2) is 0 Å². The van der Waals surface area contributed by atoms with Crippen LogP contribution in [0.3, 0.4) is 0 Å². The number of pyridine rings is 1. The van der Waals surface area contributed by atoms with E-state index in [0.29, 0.717) is 0 Å². The predicted octanol–water partition coefficient (Wildman–Crippen LogP) is 2.03. The van der Waals surface area contributed by atoms with Crippen molar-refractivity contribution in [2.24, 2.45) is 0 Å². The van der Waals surface area contributed by atoms with Crippen molar-refractivity contribution in [2.75, 3.05) is 46.4 Å². The zero-order chi connectivity index (χ0) is 16.1. The number of carbonyl (C=O) groups is 1. The van der Waals surface area contributed by atoms with Gasteiger partial charge in [0, 0.05) is 56.6 Å². The van der Waals surface area contributed by atoms with E-state index in [1.54, 1.807) is 6.20 Å². The molecule has 122 valence electrons. The zero-order valence-electron chi connectivity index (χ0n) is 13.6. The van der Waals surface area contributed by atoms with Crippen LogP contribution in [0.25, 0.3) is 10.8 Å². The standard InChI is InChI=1S/C18H23N3O2/c1-20(7-2-8-21-9-11-23-12-10-21)18(22)16-3-4-17-14-19-6-5-15(17)13-16/h3-6,13-14H,2,7-12H2,1H3. The van der Waals surface area contributed by atoms with Crippen molar-refractivity contribution in [3.05, 3.63) is 42.2 Å². The molecule has 0 unspecified atom stereocenters. The second kappa shape index (κ2) is 7.53. The van der Waals surface area contributed by atoms with E-state index in [9.17, 15) is 4.79 Å². The van der Waals surface area contributed by atoms with Gasteiger partial charge in [-0.05, 0) is 30.0 Å². The quantitative estimate of drug-likeness (QED) is 0.847. The number of hydrogen-bond acceptors (Lipinski definition) is 4. The van der Waals surface area contributed by atoms with Crippen LogP contribution in [0.2, 0.25) is 0 Å². The van der Waals surface area contributed by atoms with Gasteiger partial charge in [0.1, 0.15) is 0 Å². The number of aromatic nitrogens is 1. The average molecular weight is 313 g/mol. The number of ether oxygens (including phenoxy) is 1. The van der Waals surface area contributed by atoms with Gasteiger partial charge >= 0.3 is 0 Å². The normalized spacial score (nSPS) is 15.7. The third-order valence-electron chi connectivity index (χ3n) is 4.31. The number of benzene rings is 1. The van der Waals surface area contributed by atoms with E-state index in [-0.39, 0.29) is 5.91 Å². The van der Waals surface area contributed by atoms with E-state index >= 15 is 0 Å². The van der Waals surface area contributed by atoms with Gasteiger partial charge in [0.05, 0.1) is 13.2 Å². The fraction of sp³-hybridized carbons (Fsp3) is 0.444. The van der Waals surface area contributed by atoms with Crippen molar-refractivity contribution >= 4 is 16.7 Å². The Kier molecular flexibility index (Phi) is 5.20. The van der Waals surface area contributed by atoms with Crippen LogP contribution in [-0.4, -0.2) is 67.1 Å². The number of nitrogens with zero attached hydrogens (tertiary/aromatic N) is 3. The summed E-state index contributed by atoms with van der Waals surface area (Å²) in [4.78, 5) is 20.8.